The normalized spacial score (nSPS) is 17.2. The largest absolute Gasteiger partial charge is 0.480 e. The van der Waals surface area contributed by atoms with Gasteiger partial charge in [0.25, 0.3) is 17.7 Å². The van der Waals surface area contributed by atoms with Crippen molar-refractivity contribution >= 4 is 35.6 Å². The lowest BCUT2D eigenvalue weighted by Gasteiger charge is -2.29. The van der Waals surface area contributed by atoms with Crippen LogP contribution < -0.4 is 5.32 Å². The standard InChI is InChI=1S/C26H34N6O9/c33-21-3-4-22(34)32(21)6-2-1-5-27-26(41)18-11-19-13-30(16-24(37)38)9-7-29(15-23(35)36)8-10-31(17-25(39)40)14-20(12-18)28-19/h3-4,11-12H,1-2,5-10,13-17H2,(H,27,41)(H,35,36)(H,37,38)(H,39,40). The SMILES string of the molecule is O=C(O)CN1CCN(CC(=O)O)Cc2cc(C(=O)NCCCCN3C(=O)C=CC3=O)cc(n2)CN(CC(=O)O)CC1. The number of pyridine rings is 1. The predicted octanol–water partition coefficient (Wildman–Crippen LogP) is -1.31. The molecule has 2 aliphatic heterocycles. The molecule has 222 valence electrons. The van der Waals surface area contributed by atoms with Crippen LogP contribution in [0, 0.1) is 0 Å². The maximum atomic E-state index is 13.0. The molecule has 15 nitrogen and oxygen atoms in total. The second kappa shape index (κ2) is 15.0. The number of amides is 3. The van der Waals surface area contributed by atoms with Crippen LogP contribution in [-0.2, 0) is 37.1 Å². The minimum Gasteiger partial charge on any atom is -0.480 e. The average molecular weight is 575 g/mol. The van der Waals surface area contributed by atoms with Gasteiger partial charge in [0.05, 0.1) is 31.0 Å². The summed E-state index contributed by atoms with van der Waals surface area (Å²) in [4.78, 5) is 81.2. The fourth-order valence-electron chi connectivity index (χ4n) is 4.59. The van der Waals surface area contributed by atoms with Crippen LogP contribution in [0.1, 0.15) is 34.6 Å². The van der Waals surface area contributed by atoms with E-state index < -0.39 is 23.8 Å². The molecular weight excluding hydrogens is 540 g/mol. The van der Waals surface area contributed by atoms with Crippen LogP contribution in [0.25, 0.3) is 0 Å². The van der Waals surface area contributed by atoms with Gasteiger partial charge < -0.3 is 20.6 Å². The smallest absolute Gasteiger partial charge is 0.317 e. The van der Waals surface area contributed by atoms with Crippen molar-refractivity contribution in [3.05, 3.63) is 41.2 Å². The summed E-state index contributed by atoms with van der Waals surface area (Å²) in [7, 11) is 0. The zero-order valence-electron chi connectivity index (χ0n) is 22.5. The van der Waals surface area contributed by atoms with Gasteiger partial charge in [-0.25, -0.2) is 0 Å². The van der Waals surface area contributed by atoms with Crippen molar-refractivity contribution in [1.82, 2.24) is 29.9 Å². The van der Waals surface area contributed by atoms with E-state index in [0.717, 1.165) is 4.90 Å². The molecule has 3 amide bonds. The van der Waals surface area contributed by atoms with Crippen LogP contribution in [0.5, 0.6) is 0 Å². The Morgan fingerprint density at radius 1 is 0.732 bits per heavy atom. The Morgan fingerprint density at radius 3 is 1.68 bits per heavy atom. The zero-order valence-corrected chi connectivity index (χ0v) is 22.5. The quantitative estimate of drug-likeness (QED) is 0.169. The lowest BCUT2D eigenvalue weighted by atomic mass is 10.1. The van der Waals surface area contributed by atoms with Crippen molar-refractivity contribution in [1.29, 1.82) is 0 Å². The molecule has 0 radical (unpaired) electrons. The van der Waals surface area contributed by atoms with Crippen LogP contribution in [0.15, 0.2) is 24.3 Å². The molecule has 0 aliphatic carbocycles. The van der Waals surface area contributed by atoms with E-state index in [1.165, 1.54) is 12.2 Å². The Hall–Kier alpha value is -4.21. The summed E-state index contributed by atoms with van der Waals surface area (Å²) < 4.78 is 0. The third kappa shape index (κ3) is 10.4. The Morgan fingerprint density at radius 2 is 1.20 bits per heavy atom. The molecule has 0 spiro atoms. The Labute approximate surface area is 236 Å². The minimum absolute atomic E-state index is 0.0756. The highest BCUT2D eigenvalue weighted by Gasteiger charge is 2.23. The summed E-state index contributed by atoms with van der Waals surface area (Å²) in [6.45, 7) is 0.644. The summed E-state index contributed by atoms with van der Waals surface area (Å²) in [6, 6.07) is 3.09. The molecule has 2 aliphatic rings. The molecule has 2 bridgehead atoms. The number of carbonyl (C=O) groups is 6. The first-order valence-electron chi connectivity index (χ1n) is 13.1. The van der Waals surface area contributed by atoms with Crippen molar-refractivity contribution in [2.75, 3.05) is 58.9 Å². The molecule has 41 heavy (non-hydrogen) atoms. The number of fused-ring (bicyclic) bond motifs is 2. The van der Waals surface area contributed by atoms with E-state index >= 15 is 0 Å². The number of nitrogens with one attached hydrogen (secondary N) is 1. The fraction of sp³-hybridized carbons (Fsp3) is 0.500. The molecular formula is C26H34N6O9. The van der Waals surface area contributed by atoms with E-state index in [1.54, 1.807) is 26.8 Å². The lowest BCUT2D eigenvalue weighted by molar-refractivity contribution is -0.140. The molecule has 4 N–H and O–H groups in total. The van der Waals surface area contributed by atoms with Crippen molar-refractivity contribution in [2.45, 2.75) is 25.9 Å². The summed E-state index contributed by atoms with van der Waals surface area (Å²) in [5, 5.41) is 30.9. The maximum Gasteiger partial charge on any atom is 0.317 e. The summed E-state index contributed by atoms with van der Waals surface area (Å²) >= 11 is 0. The van der Waals surface area contributed by atoms with E-state index in [-0.39, 0.29) is 89.4 Å². The highest BCUT2D eigenvalue weighted by molar-refractivity contribution is 6.12. The average Bonchev–Trinajstić information content (AvgIpc) is 3.20. The second-order valence-electron chi connectivity index (χ2n) is 9.84. The van der Waals surface area contributed by atoms with Crippen LogP contribution >= 0.6 is 0 Å². The van der Waals surface area contributed by atoms with Crippen LogP contribution in [0.3, 0.4) is 0 Å². The van der Waals surface area contributed by atoms with Crippen molar-refractivity contribution in [3.63, 3.8) is 0 Å². The highest BCUT2D eigenvalue weighted by Crippen LogP contribution is 2.13. The van der Waals surface area contributed by atoms with Crippen LogP contribution in [0.4, 0.5) is 0 Å². The minimum atomic E-state index is -1.07. The van der Waals surface area contributed by atoms with Crippen LogP contribution in [0.2, 0.25) is 0 Å². The third-order valence-electron chi connectivity index (χ3n) is 6.50. The van der Waals surface area contributed by atoms with Gasteiger partial charge in [-0.05, 0) is 25.0 Å². The van der Waals surface area contributed by atoms with Crippen molar-refractivity contribution < 1.29 is 44.1 Å². The van der Waals surface area contributed by atoms with Gasteiger partial charge in [0.15, 0.2) is 0 Å². The molecule has 0 fully saturated rings. The zero-order chi connectivity index (χ0) is 29.9. The first-order chi connectivity index (χ1) is 19.5. The van der Waals surface area contributed by atoms with Gasteiger partial charge in [-0.15, -0.1) is 0 Å². The van der Waals surface area contributed by atoms with Crippen molar-refractivity contribution in [3.8, 4) is 0 Å². The summed E-state index contributed by atoms with van der Waals surface area (Å²) in [5.41, 5.74) is 1.09. The van der Waals surface area contributed by atoms with E-state index in [4.69, 9.17) is 0 Å². The van der Waals surface area contributed by atoms with Gasteiger partial charge in [0.1, 0.15) is 0 Å². The topological polar surface area (TPSA) is 201 Å². The van der Waals surface area contributed by atoms with Crippen LogP contribution in [-0.4, -0.2) is 134 Å². The number of nitrogens with zero attached hydrogens (tertiary/aromatic N) is 5. The number of carboxylic acids is 3. The third-order valence-corrected chi connectivity index (χ3v) is 6.50. The number of aliphatic carboxylic acids is 3. The van der Waals surface area contributed by atoms with E-state index in [9.17, 15) is 44.1 Å². The number of carboxylic acid groups (broad SMARTS) is 3. The molecule has 3 heterocycles. The van der Waals surface area contributed by atoms with Gasteiger partial charge in [-0.1, -0.05) is 0 Å². The molecule has 0 saturated heterocycles. The molecule has 1 aromatic rings. The van der Waals surface area contributed by atoms with Gasteiger partial charge in [0.2, 0.25) is 0 Å². The Kier molecular flexibility index (Phi) is 11.4. The molecule has 0 aromatic carbocycles. The summed E-state index contributed by atoms with van der Waals surface area (Å²) in [6.07, 6.45) is 3.44. The first kappa shape index (κ1) is 31.3. The van der Waals surface area contributed by atoms with E-state index in [0.29, 0.717) is 24.2 Å². The highest BCUT2D eigenvalue weighted by atomic mass is 16.4. The number of unbranched alkanes of at least 4 members (excludes halogenated alkanes) is 1. The molecule has 0 saturated carbocycles. The number of carbonyl (C=O) groups excluding carboxylic acids is 3. The van der Waals surface area contributed by atoms with Gasteiger partial charge in [-0.2, -0.15) is 0 Å². The monoisotopic (exact) mass is 574 g/mol. The predicted molar refractivity (Wildman–Crippen MR) is 142 cm³/mol. The summed E-state index contributed by atoms with van der Waals surface area (Å²) in [5.74, 6) is -4.32. The Balaban J connectivity index is 1.74. The number of imide groups is 1. The number of aromatic nitrogens is 1. The molecule has 3 rings (SSSR count). The van der Waals surface area contributed by atoms with E-state index in [2.05, 4.69) is 10.3 Å². The van der Waals surface area contributed by atoms with Crippen molar-refractivity contribution in [2.24, 2.45) is 0 Å². The van der Waals surface area contributed by atoms with Gasteiger partial charge in [-0.3, -0.25) is 53.4 Å². The molecule has 15 heteroatoms. The number of rotatable bonds is 12. The van der Waals surface area contributed by atoms with Gasteiger partial charge >= 0.3 is 17.9 Å². The molecule has 0 unspecified atom stereocenters. The van der Waals surface area contributed by atoms with E-state index in [1.807, 2.05) is 0 Å². The molecule has 1 aromatic heterocycles. The van der Waals surface area contributed by atoms with Gasteiger partial charge in [0, 0.05) is 70.1 Å². The first-order valence-corrected chi connectivity index (χ1v) is 13.1. The fourth-order valence-corrected chi connectivity index (χ4v) is 4.59. The lowest BCUT2D eigenvalue weighted by Crippen LogP contribution is -2.44. The maximum absolute atomic E-state index is 13.0. The second-order valence-corrected chi connectivity index (χ2v) is 9.84. The number of hydrogen-bond acceptors (Lipinski definition) is 10. The number of hydrogen-bond donors (Lipinski definition) is 4. The Bertz CT molecular complexity index is 1140. The molecule has 0 atom stereocenters.